The first-order valence-corrected chi connectivity index (χ1v) is 11.3. The molecule has 0 bridgehead atoms. The van der Waals surface area contributed by atoms with E-state index in [0.717, 1.165) is 10.6 Å². The van der Waals surface area contributed by atoms with Gasteiger partial charge in [-0.15, -0.1) is 0 Å². The number of amides is 2. The Morgan fingerprint density at radius 2 is 1.67 bits per heavy atom. The molecular formula is C21H26FN3O4S. The lowest BCUT2D eigenvalue weighted by Gasteiger charge is -2.31. The number of nitrogens with zero attached hydrogens (tertiary/aromatic N) is 2. The summed E-state index contributed by atoms with van der Waals surface area (Å²) in [6.45, 7) is 2.95. The Hall–Kier alpha value is -2.94. The summed E-state index contributed by atoms with van der Waals surface area (Å²) in [6, 6.07) is 13.2. The van der Waals surface area contributed by atoms with Crippen molar-refractivity contribution in [2.45, 2.75) is 26.4 Å². The van der Waals surface area contributed by atoms with Gasteiger partial charge in [0.05, 0.1) is 11.9 Å². The summed E-state index contributed by atoms with van der Waals surface area (Å²) in [5.41, 5.74) is 0.553. The van der Waals surface area contributed by atoms with Crippen LogP contribution in [0.3, 0.4) is 0 Å². The Bertz CT molecular complexity index is 983. The molecule has 2 amide bonds. The van der Waals surface area contributed by atoms with Crippen LogP contribution in [0.4, 0.5) is 10.1 Å². The van der Waals surface area contributed by atoms with Gasteiger partial charge in [0.2, 0.25) is 21.8 Å². The van der Waals surface area contributed by atoms with Gasteiger partial charge in [-0.2, -0.15) is 0 Å². The first-order valence-electron chi connectivity index (χ1n) is 9.48. The van der Waals surface area contributed by atoms with Crippen molar-refractivity contribution in [3.8, 4) is 0 Å². The number of para-hydroxylation sites is 1. The van der Waals surface area contributed by atoms with Gasteiger partial charge < -0.3 is 10.2 Å². The molecule has 0 aliphatic heterocycles. The predicted octanol–water partition coefficient (Wildman–Crippen LogP) is 2.15. The summed E-state index contributed by atoms with van der Waals surface area (Å²) in [7, 11) is -3.77. The van der Waals surface area contributed by atoms with Crippen molar-refractivity contribution in [3.05, 3.63) is 66.0 Å². The molecule has 2 aromatic carbocycles. The molecule has 2 rings (SSSR count). The van der Waals surface area contributed by atoms with Gasteiger partial charge in [0.15, 0.2) is 0 Å². The van der Waals surface area contributed by atoms with Crippen LogP contribution >= 0.6 is 0 Å². The maximum Gasteiger partial charge on any atom is 0.244 e. The van der Waals surface area contributed by atoms with Crippen LogP contribution in [0.1, 0.15) is 19.4 Å². The highest BCUT2D eigenvalue weighted by Crippen LogP contribution is 2.19. The van der Waals surface area contributed by atoms with Gasteiger partial charge in [0, 0.05) is 18.7 Å². The molecule has 7 nitrogen and oxygen atoms in total. The number of rotatable bonds is 9. The van der Waals surface area contributed by atoms with Crippen molar-refractivity contribution in [2.75, 3.05) is 23.7 Å². The van der Waals surface area contributed by atoms with E-state index in [9.17, 15) is 22.4 Å². The molecule has 0 aliphatic carbocycles. The number of sulfonamides is 1. The van der Waals surface area contributed by atoms with E-state index in [0.29, 0.717) is 12.2 Å². The van der Waals surface area contributed by atoms with Gasteiger partial charge in [0.1, 0.15) is 18.4 Å². The quantitative estimate of drug-likeness (QED) is 0.654. The van der Waals surface area contributed by atoms with E-state index in [1.807, 2.05) is 0 Å². The molecule has 0 radical (unpaired) electrons. The van der Waals surface area contributed by atoms with Crippen molar-refractivity contribution in [1.82, 2.24) is 10.2 Å². The fourth-order valence-corrected chi connectivity index (χ4v) is 3.77. The summed E-state index contributed by atoms with van der Waals surface area (Å²) in [6.07, 6.45) is 1.00. The SMILES string of the molecule is CCNC(=O)[C@@H](C)N(Cc1ccccc1F)C(=O)CN(c1ccccc1)S(C)(=O)=O. The van der Waals surface area contributed by atoms with Gasteiger partial charge in [-0.25, -0.2) is 12.8 Å². The first-order chi connectivity index (χ1) is 14.1. The van der Waals surface area contributed by atoms with Gasteiger partial charge in [-0.3, -0.25) is 13.9 Å². The van der Waals surface area contributed by atoms with Gasteiger partial charge in [-0.05, 0) is 32.0 Å². The molecule has 0 heterocycles. The smallest absolute Gasteiger partial charge is 0.244 e. The Kier molecular flexibility index (Phi) is 7.93. The van der Waals surface area contributed by atoms with Crippen LogP contribution in [-0.4, -0.2) is 50.5 Å². The number of anilines is 1. The molecular weight excluding hydrogens is 409 g/mol. The molecule has 2 aromatic rings. The molecule has 0 aliphatic rings. The standard InChI is InChI=1S/C21H26FN3O4S/c1-4-23-21(27)16(2)24(14-17-10-8-9-13-19(17)22)20(26)15-25(30(3,28)29)18-11-6-5-7-12-18/h5-13,16H,4,14-15H2,1-3H3,(H,23,27)/t16-/m1/s1. The minimum absolute atomic E-state index is 0.170. The third-order valence-corrected chi connectivity index (χ3v) is 5.68. The average Bonchev–Trinajstić information content (AvgIpc) is 2.70. The number of nitrogens with one attached hydrogen (secondary N) is 1. The Balaban J connectivity index is 2.37. The topological polar surface area (TPSA) is 86.8 Å². The predicted molar refractivity (Wildman–Crippen MR) is 114 cm³/mol. The van der Waals surface area contributed by atoms with E-state index in [2.05, 4.69) is 5.32 Å². The maximum atomic E-state index is 14.2. The second kappa shape index (κ2) is 10.2. The zero-order chi connectivity index (χ0) is 22.3. The lowest BCUT2D eigenvalue weighted by Crippen LogP contribution is -2.51. The molecule has 30 heavy (non-hydrogen) atoms. The third kappa shape index (κ3) is 6.03. The molecule has 162 valence electrons. The minimum atomic E-state index is -3.77. The Morgan fingerprint density at radius 3 is 2.23 bits per heavy atom. The highest BCUT2D eigenvalue weighted by molar-refractivity contribution is 7.92. The monoisotopic (exact) mass is 435 g/mol. The summed E-state index contributed by atoms with van der Waals surface area (Å²) < 4.78 is 39.8. The van der Waals surface area contributed by atoms with E-state index in [1.165, 1.54) is 30.0 Å². The fourth-order valence-electron chi connectivity index (χ4n) is 2.92. The molecule has 1 N–H and O–H groups in total. The van der Waals surface area contributed by atoms with Crippen LogP contribution < -0.4 is 9.62 Å². The lowest BCUT2D eigenvalue weighted by atomic mass is 10.1. The first kappa shape index (κ1) is 23.3. The van der Waals surface area contributed by atoms with Crippen molar-refractivity contribution in [1.29, 1.82) is 0 Å². The molecule has 1 atom stereocenters. The van der Waals surface area contributed by atoms with Crippen LogP contribution in [0.5, 0.6) is 0 Å². The van der Waals surface area contributed by atoms with Gasteiger partial charge in [0.25, 0.3) is 0 Å². The summed E-state index contributed by atoms with van der Waals surface area (Å²) in [4.78, 5) is 26.7. The van der Waals surface area contributed by atoms with Crippen LogP contribution in [0.2, 0.25) is 0 Å². The zero-order valence-electron chi connectivity index (χ0n) is 17.2. The van der Waals surface area contributed by atoms with Gasteiger partial charge in [-0.1, -0.05) is 36.4 Å². The number of carbonyl (C=O) groups excluding carboxylic acids is 2. The third-order valence-electron chi connectivity index (χ3n) is 4.54. The van der Waals surface area contributed by atoms with E-state index < -0.39 is 40.2 Å². The summed E-state index contributed by atoms with van der Waals surface area (Å²) in [5.74, 6) is -1.54. The van der Waals surface area contributed by atoms with E-state index in [-0.39, 0.29) is 12.1 Å². The number of carbonyl (C=O) groups is 2. The molecule has 0 saturated carbocycles. The Morgan fingerprint density at radius 1 is 1.07 bits per heavy atom. The van der Waals surface area contributed by atoms with Crippen LogP contribution in [0.15, 0.2) is 54.6 Å². The van der Waals surface area contributed by atoms with Crippen LogP contribution in [0, 0.1) is 5.82 Å². The average molecular weight is 436 g/mol. The zero-order valence-corrected chi connectivity index (χ0v) is 18.0. The molecule has 9 heteroatoms. The van der Waals surface area contributed by atoms with Crippen molar-refractivity contribution in [3.63, 3.8) is 0 Å². The minimum Gasteiger partial charge on any atom is -0.355 e. The molecule has 0 spiro atoms. The molecule has 0 fully saturated rings. The maximum absolute atomic E-state index is 14.2. The fraction of sp³-hybridized carbons (Fsp3) is 0.333. The Labute approximate surface area is 176 Å². The summed E-state index contributed by atoms with van der Waals surface area (Å²) in [5, 5.41) is 2.64. The largest absolute Gasteiger partial charge is 0.355 e. The highest BCUT2D eigenvalue weighted by Gasteiger charge is 2.30. The van der Waals surface area contributed by atoms with Crippen molar-refractivity contribution in [2.24, 2.45) is 0 Å². The number of hydrogen-bond donors (Lipinski definition) is 1. The molecule has 0 aromatic heterocycles. The highest BCUT2D eigenvalue weighted by atomic mass is 32.2. The number of hydrogen-bond acceptors (Lipinski definition) is 4. The normalized spacial score (nSPS) is 12.1. The summed E-state index contributed by atoms with van der Waals surface area (Å²) >= 11 is 0. The number of halogens is 1. The molecule has 0 saturated heterocycles. The van der Waals surface area contributed by atoms with Gasteiger partial charge >= 0.3 is 0 Å². The van der Waals surface area contributed by atoms with Crippen molar-refractivity contribution >= 4 is 27.5 Å². The molecule has 0 unspecified atom stereocenters. The van der Waals surface area contributed by atoms with E-state index in [4.69, 9.17) is 0 Å². The van der Waals surface area contributed by atoms with Crippen molar-refractivity contribution < 1.29 is 22.4 Å². The van der Waals surface area contributed by atoms with Crippen LogP contribution in [-0.2, 0) is 26.2 Å². The second-order valence-corrected chi connectivity index (χ2v) is 8.70. The van der Waals surface area contributed by atoms with E-state index in [1.54, 1.807) is 43.3 Å². The van der Waals surface area contributed by atoms with E-state index >= 15 is 0 Å². The lowest BCUT2D eigenvalue weighted by molar-refractivity contribution is -0.139. The second-order valence-electron chi connectivity index (χ2n) is 6.79. The number of benzene rings is 2. The van der Waals surface area contributed by atoms with Crippen LogP contribution in [0.25, 0.3) is 0 Å². The number of likely N-dealkylation sites (N-methyl/N-ethyl adjacent to an activating group) is 1.